The van der Waals surface area contributed by atoms with Gasteiger partial charge in [0.1, 0.15) is 0 Å². The van der Waals surface area contributed by atoms with Crippen molar-refractivity contribution in [2.45, 2.75) is 57.0 Å². The van der Waals surface area contributed by atoms with Gasteiger partial charge in [-0.3, -0.25) is 4.90 Å². The number of carbonyl (C=O) groups is 2. The summed E-state index contributed by atoms with van der Waals surface area (Å²) in [5, 5.41) is 13.8. The highest BCUT2D eigenvalue weighted by Gasteiger charge is 2.44. The Bertz CT molecular complexity index is 1060. The number of halogens is 1. The fraction of sp³-hybridized carbons (Fsp3) is 0.560. The lowest BCUT2D eigenvalue weighted by Crippen LogP contribution is -2.53. The van der Waals surface area contributed by atoms with Gasteiger partial charge in [-0.1, -0.05) is 17.7 Å². The molecule has 8 nitrogen and oxygen atoms in total. The van der Waals surface area contributed by atoms with Crippen LogP contribution in [0.25, 0.3) is 0 Å². The fourth-order valence-electron chi connectivity index (χ4n) is 5.92. The maximum Gasteiger partial charge on any atom is 0.356 e. The Kier molecular flexibility index (Phi) is 6.53. The van der Waals surface area contributed by atoms with Crippen molar-refractivity contribution in [1.29, 1.82) is 0 Å². The number of benzene rings is 1. The molecule has 34 heavy (non-hydrogen) atoms. The Morgan fingerprint density at radius 3 is 2.44 bits per heavy atom. The Morgan fingerprint density at radius 2 is 1.74 bits per heavy atom. The highest BCUT2D eigenvalue weighted by molar-refractivity contribution is 6.30. The molecule has 0 radical (unpaired) electrons. The average molecular weight is 486 g/mol. The van der Waals surface area contributed by atoms with Crippen LogP contribution in [0.15, 0.2) is 30.5 Å². The first-order valence-electron chi connectivity index (χ1n) is 12.3. The summed E-state index contributed by atoms with van der Waals surface area (Å²) < 4.78 is 1.15. The summed E-state index contributed by atoms with van der Waals surface area (Å²) in [6.07, 6.45) is 9.33. The van der Waals surface area contributed by atoms with Crippen LogP contribution in [0.1, 0.15) is 61.0 Å². The van der Waals surface area contributed by atoms with Gasteiger partial charge in [-0.05, 0) is 75.3 Å². The second-order valence-corrected chi connectivity index (χ2v) is 10.2. The van der Waals surface area contributed by atoms with E-state index >= 15 is 0 Å². The normalized spacial score (nSPS) is 20.7. The average Bonchev–Trinajstić information content (AvgIpc) is 3.49. The summed E-state index contributed by atoms with van der Waals surface area (Å²) in [5.74, 6) is -1.13. The quantitative estimate of drug-likeness (QED) is 0.694. The van der Waals surface area contributed by atoms with E-state index < -0.39 is 5.97 Å². The molecular weight excluding hydrogens is 454 g/mol. The summed E-state index contributed by atoms with van der Waals surface area (Å²) in [6.45, 7) is 5.45. The van der Waals surface area contributed by atoms with E-state index in [0.29, 0.717) is 13.1 Å². The molecule has 1 N–H and O–H groups in total. The number of carboxylic acids is 1. The Morgan fingerprint density at radius 1 is 0.971 bits per heavy atom. The maximum absolute atomic E-state index is 12.9. The molecule has 9 heteroatoms. The van der Waals surface area contributed by atoms with Gasteiger partial charge in [-0.2, -0.15) is 9.78 Å². The van der Waals surface area contributed by atoms with E-state index in [-0.39, 0.29) is 17.3 Å². The predicted octanol–water partition coefficient (Wildman–Crippen LogP) is 4.32. The molecule has 3 fully saturated rings. The molecule has 1 amide bonds. The first-order valence-corrected chi connectivity index (χ1v) is 12.7. The zero-order valence-electron chi connectivity index (χ0n) is 19.5. The maximum atomic E-state index is 12.9. The highest BCUT2D eigenvalue weighted by atomic mass is 35.5. The van der Waals surface area contributed by atoms with E-state index in [1.807, 2.05) is 6.07 Å². The number of likely N-dealkylation sites (tertiary alicyclic amines) is 2. The number of aromatic nitrogens is 2. The van der Waals surface area contributed by atoms with Crippen LogP contribution in [0.4, 0.5) is 10.5 Å². The van der Waals surface area contributed by atoms with Crippen molar-refractivity contribution in [2.24, 2.45) is 0 Å². The summed E-state index contributed by atoms with van der Waals surface area (Å²) in [7, 11) is 0. The molecule has 3 saturated heterocycles. The summed E-state index contributed by atoms with van der Waals surface area (Å²) >= 11 is 6.39. The summed E-state index contributed by atoms with van der Waals surface area (Å²) in [4.78, 5) is 30.9. The van der Waals surface area contributed by atoms with Crippen molar-refractivity contribution in [3.05, 3.63) is 46.7 Å². The van der Waals surface area contributed by atoms with Gasteiger partial charge in [0.15, 0.2) is 5.69 Å². The van der Waals surface area contributed by atoms with E-state index in [1.54, 1.807) is 4.90 Å². The molecule has 3 aliphatic heterocycles. The van der Waals surface area contributed by atoms with Crippen molar-refractivity contribution in [3.63, 3.8) is 0 Å². The van der Waals surface area contributed by atoms with E-state index in [4.69, 9.17) is 16.7 Å². The van der Waals surface area contributed by atoms with Crippen LogP contribution in [0.3, 0.4) is 0 Å². The van der Waals surface area contributed by atoms with Crippen LogP contribution in [0, 0.1) is 0 Å². The predicted molar refractivity (Wildman–Crippen MR) is 131 cm³/mol. The third-order valence-electron chi connectivity index (χ3n) is 7.82. The van der Waals surface area contributed by atoms with Gasteiger partial charge in [0, 0.05) is 55.2 Å². The van der Waals surface area contributed by atoms with Crippen molar-refractivity contribution in [1.82, 2.24) is 19.6 Å². The molecule has 182 valence electrons. The van der Waals surface area contributed by atoms with E-state index in [0.717, 1.165) is 55.1 Å². The van der Waals surface area contributed by atoms with Gasteiger partial charge in [0.25, 0.3) is 0 Å². The summed E-state index contributed by atoms with van der Waals surface area (Å²) in [5.41, 5.74) is 2.60. The third kappa shape index (κ3) is 4.53. The van der Waals surface area contributed by atoms with Crippen LogP contribution >= 0.6 is 11.6 Å². The van der Waals surface area contributed by atoms with Gasteiger partial charge >= 0.3 is 12.0 Å². The number of carboxylic acid groups (broad SMARTS) is 1. The number of amides is 1. The zero-order chi connectivity index (χ0) is 23.7. The van der Waals surface area contributed by atoms with Gasteiger partial charge in [0.2, 0.25) is 0 Å². The lowest BCUT2D eigenvalue weighted by molar-refractivity contribution is 0.0585. The number of carbonyl (C=O) groups excluding carboxylic acids is 1. The monoisotopic (exact) mass is 485 g/mol. The molecule has 3 aliphatic rings. The topological polar surface area (TPSA) is 81.9 Å². The molecule has 0 unspecified atom stereocenters. The van der Waals surface area contributed by atoms with Gasteiger partial charge in [-0.15, -0.1) is 0 Å². The first kappa shape index (κ1) is 23.2. The number of aromatic carboxylic acids is 1. The van der Waals surface area contributed by atoms with Crippen molar-refractivity contribution >= 4 is 29.3 Å². The lowest BCUT2D eigenvalue weighted by Gasteiger charge is -2.45. The minimum absolute atomic E-state index is 0.103. The van der Waals surface area contributed by atoms with Crippen molar-refractivity contribution < 1.29 is 14.7 Å². The zero-order valence-corrected chi connectivity index (χ0v) is 20.2. The number of anilines is 1. The Labute approximate surface area is 205 Å². The molecule has 0 saturated carbocycles. The molecule has 1 aromatic heterocycles. The molecular formula is C25H32ClN5O3. The second-order valence-electron chi connectivity index (χ2n) is 9.79. The number of hydrogen-bond acceptors (Lipinski definition) is 5. The molecule has 2 aromatic rings. The largest absolute Gasteiger partial charge is 0.476 e. The molecule has 4 heterocycles. The number of rotatable bonds is 4. The summed E-state index contributed by atoms with van der Waals surface area (Å²) in [6, 6.07) is 7.42. The minimum Gasteiger partial charge on any atom is -0.476 e. The van der Waals surface area contributed by atoms with Crippen LogP contribution in [-0.2, 0) is 6.54 Å². The first-order chi connectivity index (χ1) is 16.4. The van der Waals surface area contributed by atoms with Crippen molar-refractivity contribution in [2.75, 3.05) is 37.6 Å². The van der Waals surface area contributed by atoms with Crippen LogP contribution < -0.4 is 4.90 Å². The second kappa shape index (κ2) is 9.58. The number of nitrogens with zero attached hydrogens (tertiary/aromatic N) is 5. The molecule has 0 atom stereocenters. The van der Waals surface area contributed by atoms with Crippen molar-refractivity contribution in [3.8, 4) is 0 Å². The number of piperidine rings is 2. The van der Waals surface area contributed by atoms with Crippen LogP contribution in [0.2, 0.25) is 5.02 Å². The molecule has 5 rings (SSSR count). The van der Waals surface area contributed by atoms with Gasteiger partial charge < -0.3 is 14.9 Å². The minimum atomic E-state index is -1.13. The standard InChI is InChI=1S/C25H32ClN5O3/c26-20-6-5-19(22(17-20)28-11-2-1-3-12-28)18-30-13-4-8-25(30)9-15-29(16-10-25)24(34)31-14-7-21(27-31)23(32)33/h5-7,14,17H,1-4,8-13,15-16,18H2,(H,32,33). The van der Waals surface area contributed by atoms with Gasteiger partial charge in [-0.25, -0.2) is 9.59 Å². The smallest absolute Gasteiger partial charge is 0.356 e. The number of hydrogen-bond donors (Lipinski definition) is 1. The molecule has 0 aliphatic carbocycles. The highest BCUT2D eigenvalue weighted by Crippen LogP contribution is 2.41. The van der Waals surface area contributed by atoms with Crippen LogP contribution in [-0.4, -0.2) is 74.9 Å². The lowest BCUT2D eigenvalue weighted by atomic mass is 9.84. The Balaban J connectivity index is 1.28. The third-order valence-corrected chi connectivity index (χ3v) is 8.05. The van der Waals surface area contributed by atoms with E-state index in [2.05, 4.69) is 27.0 Å². The van der Waals surface area contributed by atoms with Crippen LogP contribution in [0.5, 0.6) is 0 Å². The van der Waals surface area contributed by atoms with Gasteiger partial charge in [0.05, 0.1) is 0 Å². The Hall–Kier alpha value is -2.58. The van der Waals surface area contributed by atoms with E-state index in [1.165, 1.54) is 49.2 Å². The fourth-order valence-corrected chi connectivity index (χ4v) is 6.08. The van der Waals surface area contributed by atoms with E-state index in [9.17, 15) is 9.59 Å². The molecule has 1 spiro atoms. The molecule has 0 bridgehead atoms. The SMILES string of the molecule is O=C(O)c1ccn(C(=O)N2CCC3(CCCN3Cc3ccc(Cl)cc3N3CCCCC3)CC2)n1. The molecule has 1 aromatic carbocycles.